The van der Waals surface area contributed by atoms with E-state index in [2.05, 4.69) is 68.0 Å². The maximum absolute atomic E-state index is 4.53. The van der Waals surface area contributed by atoms with Gasteiger partial charge in [-0.2, -0.15) is 0 Å². The Bertz CT molecular complexity index is 706. The van der Waals surface area contributed by atoms with Gasteiger partial charge in [0.25, 0.3) is 0 Å². The average molecular weight is 347 g/mol. The molecular formula is C16H15BrN2S. The predicted octanol–water partition coefficient (Wildman–Crippen LogP) is 4.56. The highest BCUT2D eigenvalue weighted by atomic mass is 79.9. The highest BCUT2D eigenvalue weighted by Gasteiger charge is 2.11. The van der Waals surface area contributed by atoms with Crippen LogP contribution in [-0.4, -0.2) is 12.0 Å². The van der Waals surface area contributed by atoms with Crippen molar-refractivity contribution in [3.8, 4) is 0 Å². The Morgan fingerprint density at radius 1 is 1.25 bits per heavy atom. The van der Waals surface area contributed by atoms with Gasteiger partial charge in [0.2, 0.25) is 0 Å². The number of pyridine rings is 1. The van der Waals surface area contributed by atoms with Gasteiger partial charge in [0.1, 0.15) is 0 Å². The fourth-order valence-corrected chi connectivity index (χ4v) is 3.35. The number of hydrogen-bond acceptors (Lipinski definition) is 3. The van der Waals surface area contributed by atoms with E-state index in [0.29, 0.717) is 0 Å². The molecule has 0 aliphatic carbocycles. The summed E-state index contributed by atoms with van der Waals surface area (Å²) >= 11 is 5.21. The first kappa shape index (κ1) is 13.7. The van der Waals surface area contributed by atoms with Crippen LogP contribution in [0.4, 0.5) is 0 Å². The number of likely N-dealkylation sites (N-methyl/N-ethyl adjacent to an activating group) is 1. The Hall–Kier alpha value is -1.23. The van der Waals surface area contributed by atoms with Crippen molar-refractivity contribution < 1.29 is 0 Å². The van der Waals surface area contributed by atoms with Gasteiger partial charge in [-0.25, -0.2) is 0 Å². The van der Waals surface area contributed by atoms with E-state index in [9.17, 15) is 0 Å². The monoisotopic (exact) mass is 346 g/mol. The number of thiophene rings is 1. The molecule has 0 aliphatic heterocycles. The third-order valence-electron chi connectivity index (χ3n) is 3.43. The van der Waals surface area contributed by atoms with Crippen LogP contribution in [0, 0.1) is 0 Å². The second kappa shape index (κ2) is 6.04. The summed E-state index contributed by atoms with van der Waals surface area (Å²) in [5.74, 6) is 0. The Morgan fingerprint density at radius 3 is 2.80 bits per heavy atom. The third-order valence-corrected chi connectivity index (χ3v) is 4.81. The van der Waals surface area contributed by atoms with E-state index in [1.165, 1.54) is 15.8 Å². The molecule has 0 saturated heterocycles. The number of nitrogens with zero attached hydrogens (tertiary/aromatic N) is 1. The van der Waals surface area contributed by atoms with Crippen molar-refractivity contribution in [1.29, 1.82) is 0 Å². The fourth-order valence-electron chi connectivity index (χ4n) is 2.29. The van der Waals surface area contributed by atoms with E-state index in [4.69, 9.17) is 0 Å². The zero-order valence-corrected chi connectivity index (χ0v) is 13.5. The quantitative estimate of drug-likeness (QED) is 0.748. The van der Waals surface area contributed by atoms with Gasteiger partial charge in [0, 0.05) is 16.7 Å². The van der Waals surface area contributed by atoms with Crippen LogP contribution in [0.3, 0.4) is 0 Å². The van der Waals surface area contributed by atoms with Crippen LogP contribution in [0.15, 0.2) is 52.4 Å². The normalized spacial score (nSPS) is 12.7. The fraction of sp³-hybridized carbons (Fsp3) is 0.188. The molecule has 1 N–H and O–H groups in total. The van der Waals surface area contributed by atoms with Gasteiger partial charge >= 0.3 is 0 Å². The lowest BCUT2D eigenvalue weighted by molar-refractivity contribution is 0.591. The highest BCUT2D eigenvalue weighted by Crippen LogP contribution is 2.25. The molecule has 0 fully saturated rings. The molecule has 0 bridgehead atoms. The van der Waals surface area contributed by atoms with Gasteiger partial charge in [-0.05, 0) is 54.2 Å². The number of nitrogens with one attached hydrogen (secondary N) is 1. The summed E-state index contributed by atoms with van der Waals surface area (Å²) < 4.78 is 2.36. The van der Waals surface area contributed by atoms with Crippen molar-refractivity contribution in [3.63, 3.8) is 0 Å². The minimum Gasteiger partial charge on any atom is -0.313 e. The number of rotatable bonds is 4. The summed E-state index contributed by atoms with van der Waals surface area (Å²) in [4.78, 5) is 4.53. The van der Waals surface area contributed by atoms with Crippen LogP contribution in [0.25, 0.3) is 10.2 Å². The lowest BCUT2D eigenvalue weighted by Crippen LogP contribution is -2.18. The van der Waals surface area contributed by atoms with Crippen LogP contribution in [0.2, 0.25) is 0 Å². The molecule has 0 amide bonds. The van der Waals surface area contributed by atoms with Gasteiger partial charge in [-0.15, -0.1) is 11.3 Å². The molecule has 1 aromatic carbocycles. The van der Waals surface area contributed by atoms with Crippen molar-refractivity contribution in [3.05, 3.63) is 63.6 Å². The standard InChI is InChI=1S/C16H15BrN2S/c1-18-15(8-11-2-4-13(17)5-3-11)12-9-16-14(19-10-12)6-7-20-16/h2-7,9-10,15,18H,8H2,1H3. The molecule has 1 unspecified atom stereocenters. The summed E-state index contributed by atoms with van der Waals surface area (Å²) in [7, 11) is 2.00. The molecule has 20 heavy (non-hydrogen) atoms. The molecule has 102 valence electrons. The molecule has 3 aromatic rings. The second-order valence-corrected chi connectivity index (χ2v) is 6.61. The van der Waals surface area contributed by atoms with Crippen molar-refractivity contribution in [2.75, 3.05) is 7.05 Å². The van der Waals surface area contributed by atoms with E-state index in [0.717, 1.165) is 16.4 Å². The molecular weight excluding hydrogens is 332 g/mol. The van der Waals surface area contributed by atoms with Crippen molar-refractivity contribution in [1.82, 2.24) is 10.3 Å². The number of aromatic nitrogens is 1. The summed E-state index contributed by atoms with van der Waals surface area (Å²) in [6.07, 6.45) is 2.94. The van der Waals surface area contributed by atoms with Gasteiger partial charge in [-0.3, -0.25) is 4.98 Å². The van der Waals surface area contributed by atoms with Crippen molar-refractivity contribution >= 4 is 37.5 Å². The van der Waals surface area contributed by atoms with Gasteiger partial charge in [-0.1, -0.05) is 28.1 Å². The molecule has 2 heterocycles. The molecule has 0 saturated carbocycles. The summed E-state index contributed by atoms with van der Waals surface area (Å²) in [5, 5.41) is 5.48. The second-order valence-electron chi connectivity index (χ2n) is 4.74. The van der Waals surface area contributed by atoms with Crippen LogP contribution in [0.1, 0.15) is 17.2 Å². The van der Waals surface area contributed by atoms with Gasteiger partial charge in [0.15, 0.2) is 0 Å². The van der Waals surface area contributed by atoms with E-state index < -0.39 is 0 Å². The lowest BCUT2D eigenvalue weighted by atomic mass is 10.0. The topological polar surface area (TPSA) is 24.9 Å². The maximum Gasteiger partial charge on any atom is 0.0809 e. The Kier molecular flexibility index (Phi) is 4.15. The van der Waals surface area contributed by atoms with Crippen LogP contribution in [0.5, 0.6) is 0 Å². The first-order valence-corrected chi connectivity index (χ1v) is 8.18. The maximum atomic E-state index is 4.53. The summed E-state index contributed by atoms with van der Waals surface area (Å²) in [5.41, 5.74) is 3.64. The number of hydrogen-bond donors (Lipinski definition) is 1. The molecule has 4 heteroatoms. The SMILES string of the molecule is CNC(Cc1ccc(Br)cc1)c1cnc2ccsc2c1. The molecule has 0 aliphatic rings. The zero-order valence-electron chi connectivity index (χ0n) is 11.1. The van der Waals surface area contributed by atoms with Crippen molar-refractivity contribution in [2.45, 2.75) is 12.5 Å². The third kappa shape index (κ3) is 2.92. The molecule has 3 rings (SSSR count). The molecule has 1 atom stereocenters. The number of benzene rings is 1. The molecule has 2 nitrogen and oxygen atoms in total. The Balaban J connectivity index is 1.86. The van der Waals surface area contributed by atoms with Crippen LogP contribution in [-0.2, 0) is 6.42 Å². The largest absolute Gasteiger partial charge is 0.313 e. The van der Waals surface area contributed by atoms with E-state index in [1.807, 2.05) is 13.2 Å². The van der Waals surface area contributed by atoms with E-state index in [-0.39, 0.29) is 6.04 Å². The van der Waals surface area contributed by atoms with Crippen LogP contribution >= 0.6 is 27.3 Å². The van der Waals surface area contributed by atoms with Gasteiger partial charge < -0.3 is 5.32 Å². The Morgan fingerprint density at radius 2 is 2.05 bits per heavy atom. The summed E-state index contributed by atoms with van der Waals surface area (Å²) in [6, 6.07) is 13.1. The smallest absolute Gasteiger partial charge is 0.0809 e. The predicted molar refractivity (Wildman–Crippen MR) is 89.3 cm³/mol. The van der Waals surface area contributed by atoms with E-state index >= 15 is 0 Å². The Labute approximate surface area is 131 Å². The average Bonchev–Trinajstić information content (AvgIpc) is 2.94. The molecule has 0 spiro atoms. The van der Waals surface area contributed by atoms with Crippen LogP contribution < -0.4 is 5.32 Å². The first-order chi connectivity index (χ1) is 9.76. The lowest BCUT2D eigenvalue weighted by Gasteiger charge is -2.16. The number of fused-ring (bicyclic) bond motifs is 1. The first-order valence-electron chi connectivity index (χ1n) is 6.51. The van der Waals surface area contributed by atoms with Crippen molar-refractivity contribution in [2.24, 2.45) is 0 Å². The molecule has 0 radical (unpaired) electrons. The van der Waals surface area contributed by atoms with E-state index in [1.54, 1.807) is 11.3 Å². The highest BCUT2D eigenvalue weighted by molar-refractivity contribution is 9.10. The van der Waals surface area contributed by atoms with Gasteiger partial charge in [0.05, 0.1) is 10.2 Å². The molecule has 2 aromatic heterocycles. The minimum absolute atomic E-state index is 0.287. The minimum atomic E-state index is 0.287. The number of halogens is 1. The zero-order chi connectivity index (χ0) is 13.9. The summed E-state index contributed by atoms with van der Waals surface area (Å²) in [6.45, 7) is 0.